The minimum atomic E-state index is 0.681. The van der Waals surface area contributed by atoms with Gasteiger partial charge >= 0.3 is 0 Å². The van der Waals surface area contributed by atoms with E-state index in [2.05, 4.69) is 52.8 Å². The van der Waals surface area contributed by atoms with E-state index in [0.717, 1.165) is 11.8 Å². The molecule has 2 heteroatoms. The van der Waals surface area contributed by atoms with Crippen molar-refractivity contribution in [1.29, 1.82) is 0 Å². The molecule has 0 unspecified atom stereocenters. The van der Waals surface area contributed by atoms with E-state index >= 15 is 0 Å². The van der Waals surface area contributed by atoms with Crippen molar-refractivity contribution in [2.75, 3.05) is 6.67 Å². The molecule has 17 heavy (non-hydrogen) atoms. The molecule has 1 aliphatic carbocycles. The Morgan fingerprint density at radius 1 is 0.941 bits per heavy atom. The lowest BCUT2D eigenvalue weighted by Gasteiger charge is -2.23. The molecule has 1 N–H and O–H groups in total. The van der Waals surface area contributed by atoms with Gasteiger partial charge in [-0.3, -0.25) is 4.99 Å². The summed E-state index contributed by atoms with van der Waals surface area (Å²) in [6, 6.07) is 15.0. The Bertz CT molecular complexity index is 729. The summed E-state index contributed by atoms with van der Waals surface area (Å²) in [5.41, 5.74) is 5.38. The van der Waals surface area contributed by atoms with E-state index in [1.807, 2.05) is 0 Å². The van der Waals surface area contributed by atoms with Crippen LogP contribution in [0.3, 0.4) is 0 Å². The highest BCUT2D eigenvalue weighted by molar-refractivity contribution is 5.70. The van der Waals surface area contributed by atoms with E-state index in [-0.39, 0.29) is 0 Å². The molecule has 2 aliphatic rings. The Morgan fingerprint density at radius 2 is 1.82 bits per heavy atom. The highest BCUT2D eigenvalue weighted by atomic mass is 15.0. The number of rotatable bonds is 0. The quantitative estimate of drug-likeness (QED) is 0.701. The van der Waals surface area contributed by atoms with E-state index in [9.17, 15) is 0 Å². The number of fused-ring (bicyclic) bond motifs is 2. The summed E-state index contributed by atoms with van der Waals surface area (Å²) in [5, 5.41) is 5.86. The fourth-order valence-corrected chi connectivity index (χ4v) is 2.80. The van der Waals surface area contributed by atoms with E-state index in [0.29, 0.717) is 6.67 Å². The van der Waals surface area contributed by atoms with Crippen LogP contribution in [0.2, 0.25) is 0 Å². The van der Waals surface area contributed by atoms with Gasteiger partial charge in [-0.2, -0.15) is 0 Å². The van der Waals surface area contributed by atoms with Crippen LogP contribution in [-0.4, -0.2) is 6.67 Å². The van der Waals surface area contributed by atoms with E-state index < -0.39 is 0 Å². The second-order valence-electron chi connectivity index (χ2n) is 4.51. The molecular weight excluding hydrogens is 208 g/mol. The fraction of sp³-hybridized carbons (Fsp3) is 0.133. The van der Waals surface area contributed by atoms with Crippen molar-refractivity contribution in [3.8, 4) is 0 Å². The van der Waals surface area contributed by atoms with E-state index in [1.165, 1.54) is 27.6 Å². The van der Waals surface area contributed by atoms with Gasteiger partial charge in [-0.05, 0) is 23.6 Å². The predicted molar refractivity (Wildman–Crippen MR) is 67.0 cm³/mol. The molecule has 0 saturated heterocycles. The molecule has 4 rings (SSSR count). The first-order valence-corrected chi connectivity index (χ1v) is 5.92. The average Bonchev–Trinajstić information content (AvgIpc) is 2.39. The Kier molecular flexibility index (Phi) is 1.69. The Balaban J connectivity index is 2.22. The minimum absolute atomic E-state index is 0.681. The first-order valence-electron chi connectivity index (χ1n) is 5.92. The zero-order valence-corrected chi connectivity index (χ0v) is 9.40. The molecule has 1 heterocycles. The van der Waals surface area contributed by atoms with Gasteiger partial charge in [-0.25, -0.2) is 0 Å². The molecule has 2 nitrogen and oxygen atoms in total. The number of nitrogens with zero attached hydrogens (tertiary/aromatic N) is 1. The third kappa shape index (κ3) is 1.18. The third-order valence-electron chi connectivity index (χ3n) is 3.55. The lowest BCUT2D eigenvalue weighted by Crippen LogP contribution is -2.42. The molecule has 0 bridgehead atoms. The predicted octanol–water partition coefficient (Wildman–Crippen LogP) is 0.928. The van der Waals surface area contributed by atoms with Crippen molar-refractivity contribution >= 4 is 5.70 Å². The van der Waals surface area contributed by atoms with Crippen LogP contribution in [0.5, 0.6) is 0 Å². The molecule has 0 atom stereocenters. The van der Waals surface area contributed by atoms with Gasteiger partial charge in [0.15, 0.2) is 0 Å². The van der Waals surface area contributed by atoms with Crippen LogP contribution in [0.4, 0.5) is 0 Å². The van der Waals surface area contributed by atoms with Crippen LogP contribution in [0.15, 0.2) is 47.5 Å². The van der Waals surface area contributed by atoms with Gasteiger partial charge in [0, 0.05) is 10.8 Å². The SMILES string of the molecule is c1ccc2c(c1)Cc1cccc3c1=C2NCN=3. The van der Waals surface area contributed by atoms with Crippen LogP contribution in [0.1, 0.15) is 16.7 Å². The molecule has 0 amide bonds. The Hall–Kier alpha value is -2.09. The molecular formula is C15H12N2. The topological polar surface area (TPSA) is 24.4 Å². The smallest absolute Gasteiger partial charge is 0.108 e. The van der Waals surface area contributed by atoms with Crippen molar-refractivity contribution in [1.82, 2.24) is 5.32 Å². The zero-order valence-electron chi connectivity index (χ0n) is 9.40. The van der Waals surface area contributed by atoms with Crippen LogP contribution in [-0.2, 0) is 6.42 Å². The summed E-state index contributed by atoms with van der Waals surface area (Å²) in [5.74, 6) is 0. The van der Waals surface area contributed by atoms with Crippen LogP contribution in [0, 0.1) is 0 Å². The maximum Gasteiger partial charge on any atom is 0.108 e. The maximum absolute atomic E-state index is 4.53. The second kappa shape index (κ2) is 3.20. The molecule has 0 spiro atoms. The lowest BCUT2D eigenvalue weighted by molar-refractivity contribution is 0.828. The number of benzene rings is 2. The largest absolute Gasteiger partial charge is 0.365 e. The fourth-order valence-electron chi connectivity index (χ4n) is 2.80. The summed E-state index contributed by atoms with van der Waals surface area (Å²) in [6.07, 6.45) is 1.01. The summed E-state index contributed by atoms with van der Waals surface area (Å²) < 4.78 is 0. The highest BCUT2D eigenvalue weighted by Gasteiger charge is 2.18. The maximum atomic E-state index is 4.53. The van der Waals surface area contributed by atoms with Gasteiger partial charge < -0.3 is 5.32 Å². The molecule has 82 valence electrons. The number of hydrogen-bond acceptors (Lipinski definition) is 2. The molecule has 0 aromatic heterocycles. The molecule has 0 fully saturated rings. The Labute approximate surface area is 99.3 Å². The van der Waals surface area contributed by atoms with Crippen LogP contribution < -0.4 is 15.9 Å². The lowest BCUT2D eigenvalue weighted by atomic mass is 9.89. The van der Waals surface area contributed by atoms with Crippen molar-refractivity contribution in [3.63, 3.8) is 0 Å². The normalized spacial score (nSPS) is 15.4. The first-order chi connectivity index (χ1) is 8.43. The van der Waals surface area contributed by atoms with Crippen molar-refractivity contribution in [2.24, 2.45) is 4.99 Å². The van der Waals surface area contributed by atoms with Crippen molar-refractivity contribution in [2.45, 2.75) is 6.42 Å². The van der Waals surface area contributed by atoms with Gasteiger partial charge in [0.25, 0.3) is 0 Å². The van der Waals surface area contributed by atoms with Gasteiger partial charge in [0.05, 0.1) is 11.1 Å². The summed E-state index contributed by atoms with van der Waals surface area (Å²) in [6.45, 7) is 0.681. The first kappa shape index (κ1) is 8.99. The Morgan fingerprint density at radius 3 is 2.82 bits per heavy atom. The molecule has 0 saturated carbocycles. The zero-order chi connectivity index (χ0) is 11.2. The van der Waals surface area contributed by atoms with Crippen molar-refractivity contribution in [3.05, 3.63) is 69.7 Å². The number of nitrogens with one attached hydrogen (secondary N) is 1. The van der Waals surface area contributed by atoms with Crippen LogP contribution >= 0.6 is 0 Å². The van der Waals surface area contributed by atoms with Gasteiger partial charge in [0.1, 0.15) is 6.67 Å². The minimum Gasteiger partial charge on any atom is -0.365 e. The monoisotopic (exact) mass is 220 g/mol. The highest BCUT2D eigenvalue weighted by Crippen LogP contribution is 2.21. The van der Waals surface area contributed by atoms with Gasteiger partial charge in [-0.1, -0.05) is 36.4 Å². The number of hydrogen-bond donors (Lipinski definition) is 1. The molecule has 1 aliphatic heterocycles. The summed E-state index contributed by atoms with van der Waals surface area (Å²) in [4.78, 5) is 4.53. The van der Waals surface area contributed by atoms with Gasteiger partial charge in [-0.15, -0.1) is 0 Å². The third-order valence-corrected chi connectivity index (χ3v) is 3.55. The second-order valence-corrected chi connectivity index (χ2v) is 4.51. The summed E-state index contributed by atoms with van der Waals surface area (Å²) in [7, 11) is 0. The standard InChI is InChI=1S/C15H12N2/c1-2-6-12-10(4-1)8-11-5-3-7-13-14(11)15(12)17-9-16-13/h1-7,17H,8-9H2. The summed E-state index contributed by atoms with van der Waals surface area (Å²) >= 11 is 0. The average molecular weight is 220 g/mol. The van der Waals surface area contributed by atoms with Gasteiger partial charge in [0.2, 0.25) is 0 Å². The molecule has 2 aromatic carbocycles. The molecule has 2 aromatic rings. The molecule has 0 radical (unpaired) electrons. The van der Waals surface area contributed by atoms with Crippen molar-refractivity contribution < 1.29 is 0 Å². The van der Waals surface area contributed by atoms with Crippen LogP contribution in [0.25, 0.3) is 5.70 Å². The van der Waals surface area contributed by atoms with E-state index in [4.69, 9.17) is 0 Å². The van der Waals surface area contributed by atoms with E-state index in [1.54, 1.807) is 0 Å².